The Morgan fingerprint density at radius 3 is 2.89 bits per heavy atom. The minimum atomic E-state index is -0.157. The first-order valence-electron chi connectivity index (χ1n) is 9.25. The van der Waals surface area contributed by atoms with Gasteiger partial charge in [-0.05, 0) is 30.3 Å². The average molecular weight is 376 g/mol. The molecule has 0 radical (unpaired) electrons. The highest BCUT2D eigenvalue weighted by molar-refractivity contribution is 5.95. The van der Waals surface area contributed by atoms with E-state index in [4.69, 9.17) is 10.00 Å². The van der Waals surface area contributed by atoms with Gasteiger partial charge in [-0.1, -0.05) is 6.07 Å². The Bertz CT molecular complexity index is 925. The molecular weight excluding hydrogens is 356 g/mol. The second kappa shape index (κ2) is 7.79. The Kier molecular flexibility index (Phi) is 5.04. The van der Waals surface area contributed by atoms with Gasteiger partial charge in [-0.3, -0.25) is 14.6 Å². The summed E-state index contributed by atoms with van der Waals surface area (Å²) in [7, 11) is 0. The SMILES string of the molecule is N#Cc1cccc(C(=O)N2C[C@@H]3[C@@H](CNC(=O)c4cccnc4)CO[C@@H]3C2)c1. The van der Waals surface area contributed by atoms with Crippen LogP contribution in [0.3, 0.4) is 0 Å². The molecule has 0 spiro atoms. The van der Waals surface area contributed by atoms with Crippen molar-refractivity contribution in [1.29, 1.82) is 5.26 Å². The van der Waals surface area contributed by atoms with Crippen LogP contribution in [0, 0.1) is 23.2 Å². The molecule has 3 heterocycles. The number of carbonyl (C=O) groups is 2. The Hall–Kier alpha value is -3.24. The molecular formula is C21H20N4O3. The van der Waals surface area contributed by atoms with E-state index >= 15 is 0 Å². The molecule has 1 aromatic carbocycles. The van der Waals surface area contributed by atoms with Crippen molar-refractivity contribution in [3.8, 4) is 6.07 Å². The second-order valence-corrected chi connectivity index (χ2v) is 7.15. The molecule has 142 valence electrons. The largest absolute Gasteiger partial charge is 0.376 e. The third kappa shape index (κ3) is 3.59. The van der Waals surface area contributed by atoms with Crippen LogP contribution in [0.4, 0.5) is 0 Å². The summed E-state index contributed by atoms with van der Waals surface area (Å²) in [6.45, 7) is 2.20. The molecule has 28 heavy (non-hydrogen) atoms. The molecule has 0 unspecified atom stereocenters. The standard InChI is InChI=1S/C21H20N4O3/c22-8-14-3-1-4-15(7-14)21(27)25-11-18-17(13-28-19(18)12-25)10-24-20(26)16-5-2-6-23-9-16/h1-7,9,17-19H,10-13H2,(H,24,26)/t17-,18+,19+/m0/s1. The highest BCUT2D eigenvalue weighted by Gasteiger charge is 2.45. The van der Waals surface area contributed by atoms with Gasteiger partial charge in [0, 0.05) is 49.4 Å². The molecule has 1 aromatic heterocycles. The molecule has 0 saturated carbocycles. The summed E-state index contributed by atoms with van der Waals surface area (Å²) in [5.74, 6) is 0.107. The average Bonchev–Trinajstić information content (AvgIpc) is 3.33. The maximum atomic E-state index is 12.8. The van der Waals surface area contributed by atoms with Crippen molar-refractivity contribution >= 4 is 11.8 Å². The molecule has 0 aliphatic carbocycles. The number of amides is 2. The number of benzene rings is 1. The molecule has 1 N–H and O–H groups in total. The van der Waals surface area contributed by atoms with Crippen LogP contribution < -0.4 is 5.32 Å². The third-order valence-electron chi connectivity index (χ3n) is 5.41. The summed E-state index contributed by atoms with van der Waals surface area (Å²) in [5.41, 5.74) is 1.51. The lowest BCUT2D eigenvalue weighted by Crippen LogP contribution is -2.35. The van der Waals surface area contributed by atoms with Gasteiger partial charge in [0.25, 0.3) is 11.8 Å². The summed E-state index contributed by atoms with van der Waals surface area (Å²) >= 11 is 0. The van der Waals surface area contributed by atoms with Gasteiger partial charge in [-0.15, -0.1) is 0 Å². The van der Waals surface area contributed by atoms with Crippen LogP contribution >= 0.6 is 0 Å². The molecule has 2 aliphatic rings. The molecule has 0 bridgehead atoms. The number of hydrogen-bond donors (Lipinski definition) is 1. The van der Waals surface area contributed by atoms with E-state index in [2.05, 4.69) is 16.4 Å². The number of nitriles is 1. The Labute approximate surface area is 162 Å². The summed E-state index contributed by atoms with van der Waals surface area (Å²) < 4.78 is 5.88. The first kappa shape index (κ1) is 18.1. The van der Waals surface area contributed by atoms with E-state index in [1.165, 1.54) is 6.20 Å². The lowest BCUT2D eigenvalue weighted by Gasteiger charge is -2.20. The minimum Gasteiger partial charge on any atom is -0.376 e. The number of hydrogen-bond acceptors (Lipinski definition) is 5. The zero-order chi connectivity index (χ0) is 19.5. The normalized spacial score (nSPS) is 23.1. The summed E-state index contributed by atoms with van der Waals surface area (Å²) in [5, 5.41) is 12.0. The van der Waals surface area contributed by atoms with Gasteiger partial charge in [-0.25, -0.2) is 0 Å². The van der Waals surface area contributed by atoms with Crippen molar-refractivity contribution in [1.82, 2.24) is 15.2 Å². The molecule has 2 aliphatic heterocycles. The topological polar surface area (TPSA) is 95.3 Å². The summed E-state index contributed by atoms with van der Waals surface area (Å²) in [4.78, 5) is 30.8. The van der Waals surface area contributed by atoms with Crippen LogP contribution in [0.5, 0.6) is 0 Å². The van der Waals surface area contributed by atoms with E-state index in [1.807, 2.05) is 0 Å². The molecule has 2 amide bonds. The van der Waals surface area contributed by atoms with Crippen molar-refractivity contribution in [2.75, 3.05) is 26.2 Å². The van der Waals surface area contributed by atoms with Gasteiger partial charge < -0.3 is 15.0 Å². The molecule has 4 rings (SSSR count). The highest BCUT2D eigenvalue weighted by atomic mass is 16.5. The summed E-state index contributed by atoms with van der Waals surface area (Å²) in [6.07, 6.45) is 3.15. The number of fused-ring (bicyclic) bond motifs is 1. The van der Waals surface area contributed by atoms with E-state index in [9.17, 15) is 9.59 Å². The van der Waals surface area contributed by atoms with Crippen LogP contribution in [-0.4, -0.2) is 54.0 Å². The van der Waals surface area contributed by atoms with Crippen LogP contribution in [-0.2, 0) is 4.74 Å². The van der Waals surface area contributed by atoms with Crippen molar-refractivity contribution in [3.63, 3.8) is 0 Å². The first-order chi connectivity index (χ1) is 13.7. The molecule has 2 saturated heterocycles. The number of likely N-dealkylation sites (tertiary alicyclic amines) is 1. The lowest BCUT2D eigenvalue weighted by atomic mass is 9.93. The van der Waals surface area contributed by atoms with E-state index in [-0.39, 0.29) is 29.8 Å². The minimum absolute atomic E-state index is 0.0107. The molecule has 7 heteroatoms. The van der Waals surface area contributed by atoms with E-state index in [0.29, 0.717) is 42.9 Å². The van der Waals surface area contributed by atoms with Gasteiger partial charge in [0.15, 0.2) is 0 Å². The molecule has 2 aromatic rings. The van der Waals surface area contributed by atoms with Gasteiger partial charge in [0.05, 0.1) is 29.9 Å². The van der Waals surface area contributed by atoms with Crippen molar-refractivity contribution < 1.29 is 14.3 Å². The van der Waals surface area contributed by atoms with Crippen molar-refractivity contribution in [2.45, 2.75) is 6.10 Å². The third-order valence-corrected chi connectivity index (χ3v) is 5.41. The Morgan fingerprint density at radius 2 is 2.11 bits per heavy atom. The second-order valence-electron chi connectivity index (χ2n) is 7.15. The highest BCUT2D eigenvalue weighted by Crippen LogP contribution is 2.34. The van der Waals surface area contributed by atoms with Gasteiger partial charge in [-0.2, -0.15) is 5.26 Å². The van der Waals surface area contributed by atoms with Crippen molar-refractivity contribution in [2.24, 2.45) is 11.8 Å². The maximum absolute atomic E-state index is 12.8. The zero-order valence-electron chi connectivity index (χ0n) is 15.2. The number of nitrogens with one attached hydrogen (secondary N) is 1. The predicted octanol–water partition coefficient (Wildman–Crippen LogP) is 1.47. The first-order valence-corrected chi connectivity index (χ1v) is 9.25. The Balaban J connectivity index is 1.37. The Morgan fingerprint density at radius 1 is 1.25 bits per heavy atom. The zero-order valence-corrected chi connectivity index (χ0v) is 15.2. The van der Waals surface area contributed by atoms with Crippen molar-refractivity contribution in [3.05, 3.63) is 65.5 Å². The van der Waals surface area contributed by atoms with Crippen LogP contribution in [0.25, 0.3) is 0 Å². The number of carbonyl (C=O) groups excluding carboxylic acids is 2. The lowest BCUT2D eigenvalue weighted by molar-refractivity contribution is 0.0674. The number of aromatic nitrogens is 1. The fraction of sp³-hybridized carbons (Fsp3) is 0.333. The smallest absolute Gasteiger partial charge is 0.253 e. The monoisotopic (exact) mass is 376 g/mol. The van der Waals surface area contributed by atoms with Gasteiger partial charge in [0.2, 0.25) is 0 Å². The number of ether oxygens (including phenoxy) is 1. The maximum Gasteiger partial charge on any atom is 0.253 e. The summed E-state index contributed by atoms with van der Waals surface area (Å²) in [6, 6.07) is 12.3. The number of rotatable bonds is 4. The van der Waals surface area contributed by atoms with Gasteiger partial charge >= 0.3 is 0 Å². The van der Waals surface area contributed by atoms with E-state index < -0.39 is 0 Å². The van der Waals surface area contributed by atoms with E-state index in [1.54, 1.807) is 47.5 Å². The molecule has 3 atom stereocenters. The fourth-order valence-corrected chi connectivity index (χ4v) is 3.90. The fourth-order valence-electron chi connectivity index (χ4n) is 3.90. The van der Waals surface area contributed by atoms with E-state index in [0.717, 1.165) is 0 Å². The number of nitrogens with zero attached hydrogens (tertiary/aromatic N) is 3. The van der Waals surface area contributed by atoms with Crippen LogP contribution in [0.15, 0.2) is 48.8 Å². The molecule has 7 nitrogen and oxygen atoms in total. The molecule has 2 fully saturated rings. The number of pyridine rings is 1. The quantitative estimate of drug-likeness (QED) is 0.872. The predicted molar refractivity (Wildman–Crippen MR) is 100 cm³/mol. The van der Waals surface area contributed by atoms with Gasteiger partial charge in [0.1, 0.15) is 0 Å². The van der Waals surface area contributed by atoms with Crippen LogP contribution in [0.1, 0.15) is 26.3 Å². The van der Waals surface area contributed by atoms with Crippen LogP contribution in [0.2, 0.25) is 0 Å².